The first-order valence-corrected chi connectivity index (χ1v) is 11.8. The fraction of sp³-hybridized carbons (Fsp3) is 0.480. The van der Waals surface area contributed by atoms with Gasteiger partial charge in [0.1, 0.15) is 5.82 Å². The van der Waals surface area contributed by atoms with Gasteiger partial charge in [-0.1, -0.05) is 24.3 Å². The number of pyridine rings is 1. The summed E-state index contributed by atoms with van der Waals surface area (Å²) in [5, 5.41) is 16.6. The standard InChI is InChI=1S/C25H31N5O3/c31-22(16-29-10-8-17-3-1-2-4-20(17)13-29)12-27-24(32)19-7-9-26-23(11-19)28-21-14-30(15-21)25(33)18-5-6-18/h1-4,7,9,11,18,21-22,31H,5-6,8,10,12-16H2,(H,26,28)(H,27,32). The summed E-state index contributed by atoms with van der Waals surface area (Å²) in [6.07, 6.45) is 3.99. The zero-order valence-corrected chi connectivity index (χ0v) is 18.7. The lowest BCUT2D eigenvalue weighted by Gasteiger charge is -2.40. The van der Waals surface area contributed by atoms with Crippen LogP contribution in [0.25, 0.3) is 0 Å². The molecular weight excluding hydrogens is 418 g/mol. The van der Waals surface area contributed by atoms with E-state index in [9.17, 15) is 14.7 Å². The van der Waals surface area contributed by atoms with Gasteiger partial charge in [0.05, 0.1) is 12.1 Å². The summed E-state index contributed by atoms with van der Waals surface area (Å²) in [5.74, 6) is 0.903. The third-order valence-corrected chi connectivity index (χ3v) is 6.67. The van der Waals surface area contributed by atoms with Crippen LogP contribution >= 0.6 is 0 Å². The second-order valence-electron chi connectivity index (χ2n) is 9.41. The Labute approximate surface area is 194 Å². The average molecular weight is 450 g/mol. The Morgan fingerprint density at radius 3 is 2.73 bits per heavy atom. The maximum absolute atomic E-state index is 12.6. The number of rotatable bonds is 8. The molecule has 2 fully saturated rings. The van der Waals surface area contributed by atoms with E-state index in [0.29, 0.717) is 31.0 Å². The molecule has 3 N–H and O–H groups in total. The number of hydrogen-bond donors (Lipinski definition) is 3. The number of β-amino-alcohol motifs (C(OH)–C–C–N with tert-alkyl or cyclic N) is 1. The van der Waals surface area contributed by atoms with Gasteiger partial charge in [-0.15, -0.1) is 0 Å². The Morgan fingerprint density at radius 1 is 1.15 bits per heavy atom. The Hall–Kier alpha value is -2.97. The summed E-state index contributed by atoms with van der Waals surface area (Å²) >= 11 is 0. The van der Waals surface area contributed by atoms with Crippen molar-refractivity contribution in [2.45, 2.75) is 38.0 Å². The number of amides is 2. The van der Waals surface area contributed by atoms with Gasteiger partial charge in [0.2, 0.25) is 5.91 Å². The SMILES string of the molecule is O=C(NCC(O)CN1CCc2ccccc2C1)c1ccnc(NC2CN(C(=O)C3CC3)C2)c1. The summed E-state index contributed by atoms with van der Waals surface area (Å²) in [6.45, 7) is 3.82. The maximum Gasteiger partial charge on any atom is 0.251 e. The first-order chi connectivity index (χ1) is 16.0. The molecule has 174 valence electrons. The highest BCUT2D eigenvalue weighted by atomic mass is 16.3. The molecule has 1 saturated heterocycles. The van der Waals surface area contributed by atoms with Gasteiger partial charge < -0.3 is 20.6 Å². The van der Waals surface area contributed by atoms with Crippen LogP contribution in [0.5, 0.6) is 0 Å². The number of hydrogen-bond acceptors (Lipinski definition) is 6. The number of fused-ring (bicyclic) bond motifs is 1. The highest BCUT2D eigenvalue weighted by Crippen LogP contribution is 2.32. The van der Waals surface area contributed by atoms with Crippen molar-refractivity contribution in [2.24, 2.45) is 5.92 Å². The highest BCUT2D eigenvalue weighted by Gasteiger charge is 2.39. The van der Waals surface area contributed by atoms with E-state index in [-0.39, 0.29) is 30.3 Å². The van der Waals surface area contributed by atoms with Crippen LogP contribution in [0, 0.1) is 5.92 Å². The normalized spacial score (nSPS) is 19.4. The Kier molecular flexibility index (Phi) is 6.28. The largest absolute Gasteiger partial charge is 0.390 e. The summed E-state index contributed by atoms with van der Waals surface area (Å²) in [5.41, 5.74) is 3.18. The summed E-state index contributed by atoms with van der Waals surface area (Å²) in [7, 11) is 0. The number of aliphatic hydroxyl groups is 1. The fourth-order valence-corrected chi connectivity index (χ4v) is 4.58. The van der Waals surface area contributed by atoms with E-state index in [1.807, 2.05) is 11.0 Å². The number of aliphatic hydroxyl groups excluding tert-OH is 1. The lowest BCUT2D eigenvalue weighted by atomic mass is 10.00. The van der Waals surface area contributed by atoms with Gasteiger partial charge >= 0.3 is 0 Å². The molecule has 2 amide bonds. The minimum atomic E-state index is -0.636. The fourth-order valence-electron chi connectivity index (χ4n) is 4.58. The topological polar surface area (TPSA) is 97.8 Å². The summed E-state index contributed by atoms with van der Waals surface area (Å²) in [6, 6.07) is 12.0. The van der Waals surface area contributed by atoms with Crippen molar-refractivity contribution in [1.82, 2.24) is 20.1 Å². The predicted octanol–water partition coefficient (Wildman–Crippen LogP) is 1.26. The number of carbonyl (C=O) groups is 2. The third kappa shape index (κ3) is 5.34. The van der Waals surface area contributed by atoms with Crippen LogP contribution in [0.3, 0.4) is 0 Å². The number of carbonyl (C=O) groups excluding carboxylic acids is 2. The molecule has 1 aromatic carbocycles. The second-order valence-corrected chi connectivity index (χ2v) is 9.41. The van der Waals surface area contributed by atoms with Crippen molar-refractivity contribution < 1.29 is 14.7 Å². The minimum absolute atomic E-state index is 0.162. The van der Waals surface area contributed by atoms with Gasteiger partial charge in [-0.25, -0.2) is 4.98 Å². The van der Waals surface area contributed by atoms with Crippen LogP contribution in [0.1, 0.15) is 34.3 Å². The quantitative estimate of drug-likeness (QED) is 0.562. The molecule has 2 aliphatic heterocycles. The smallest absolute Gasteiger partial charge is 0.251 e. The molecule has 1 saturated carbocycles. The van der Waals surface area contributed by atoms with Crippen LogP contribution in [-0.4, -0.2) is 76.6 Å². The molecule has 3 aliphatic rings. The molecule has 5 rings (SSSR count). The molecule has 1 aromatic heterocycles. The minimum Gasteiger partial charge on any atom is -0.390 e. The molecule has 1 unspecified atom stereocenters. The Morgan fingerprint density at radius 2 is 1.94 bits per heavy atom. The maximum atomic E-state index is 12.6. The Balaban J connectivity index is 1.06. The molecule has 8 nitrogen and oxygen atoms in total. The zero-order valence-electron chi connectivity index (χ0n) is 18.7. The molecule has 0 radical (unpaired) electrons. The summed E-state index contributed by atoms with van der Waals surface area (Å²) < 4.78 is 0. The van der Waals surface area contributed by atoms with Crippen LogP contribution in [-0.2, 0) is 17.8 Å². The second kappa shape index (κ2) is 9.49. The van der Waals surface area contributed by atoms with E-state index < -0.39 is 6.10 Å². The highest BCUT2D eigenvalue weighted by molar-refractivity contribution is 5.94. The van der Waals surface area contributed by atoms with Gasteiger partial charge in [0, 0.05) is 56.9 Å². The first kappa shape index (κ1) is 21.9. The third-order valence-electron chi connectivity index (χ3n) is 6.67. The van der Waals surface area contributed by atoms with Crippen molar-refractivity contribution in [3.05, 3.63) is 59.3 Å². The molecule has 0 bridgehead atoms. The molecule has 2 aromatic rings. The molecule has 3 heterocycles. The van der Waals surface area contributed by atoms with Crippen molar-refractivity contribution >= 4 is 17.6 Å². The van der Waals surface area contributed by atoms with E-state index >= 15 is 0 Å². The van der Waals surface area contributed by atoms with E-state index in [1.54, 1.807) is 18.3 Å². The number of likely N-dealkylation sites (tertiary alicyclic amines) is 1. The zero-order chi connectivity index (χ0) is 22.8. The van der Waals surface area contributed by atoms with Gasteiger partial charge in [-0.05, 0) is 42.5 Å². The van der Waals surface area contributed by atoms with Crippen LogP contribution < -0.4 is 10.6 Å². The van der Waals surface area contributed by atoms with Gasteiger partial charge in [0.15, 0.2) is 0 Å². The molecule has 1 aliphatic carbocycles. The van der Waals surface area contributed by atoms with Crippen molar-refractivity contribution in [3.8, 4) is 0 Å². The first-order valence-electron chi connectivity index (χ1n) is 11.8. The van der Waals surface area contributed by atoms with Crippen molar-refractivity contribution in [3.63, 3.8) is 0 Å². The van der Waals surface area contributed by atoms with Gasteiger partial charge in [-0.2, -0.15) is 0 Å². The number of aromatic nitrogens is 1. The lowest BCUT2D eigenvalue weighted by Crippen LogP contribution is -2.57. The molecular formula is C25H31N5O3. The number of anilines is 1. The van der Waals surface area contributed by atoms with Crippen LogP contribution in [0.4, 0.5) is 5.82 Å². The van der Waals surface area contributed by atoms with Crippen molar-refractivity contribution in [1.29, 1.82) is 0 Å². The number of benzene rings is 1. The van der Waals surface area contributed by atoms with E-state index in [4.69, 9.17) is 0 Å². The summed E-state index contributed by atoms with van der Waals surface area (Å²) in [4.78, 5) is 33.1. The Bertz CT molecular complexity index is 1020. The van der Waals surface area contributed by atoms with Crippen LogP contribution in [0.15, 0.2) is 42.6 Å². The molecule has 0 spiro atoms. The molecule has 8 heteroatoms. The number of nitrogens with one attached hydrogen (secondary N) is 2. The van der Waals surface area contributed by atoms with E-state index in [2.05, 4.69) is 38.7 Å². The number of nitrogens with zero attached hydrogens (tertiary/aromatic N) is 3. The van der Waals surface area contributed by atoms with Crippen LogP contribution in [0.2, 0.25) is 0 Å². The van der Waals surface area contributed by atoms with E-state index in [1.165, 1.54) is 11.1 Å². The molecule has 1 atom stereocenters. The molecule has 33 heavy (non-hydrogen) atoms. The van der Waals surface area contributed by atoms with Gasteiger partial charge in [-0.3, -0.25) is 14.5 Å². The average Bonchev–Trinajstić information content (AvgIpc) is 3.65. The van der Waals surface area contributed by atoms with Crippen molar-refractivity contribution in [2.75, 3.05) is 38.0 Å². The predicted molar refractivity (Wildman–Crippen MR) is 125 cm³/mol. The van der Waals surface area contributed by atoms with Gasteiger partial charge in [0.25, 0.3) is 5.91 Å². The monoisotopic (exact) mass is 449 g/mol. The lowest BCUT2D eigenvalue weighted by molar-refractivity contribution is -0.136. The van der Waals surface area contributed by atoms with E-state index in [0.717, 1.165) is 32.4 Å².